The van der Waals surface area contributed by atoms with Gasteiger partial charge in [-0.2, -0.15) is 0 Å². The lowest BCUT2D eigenvalue weighted by Gasteiger charge is -2.11. The topological polar surface area (TPSA) is 73.3 Å². The Labute approximate surface area is 159 Å². The van der Waals surface area contributed by atoms with E-state index in [0.29, 0.717) is 27.4 Å². The predicted octanol–water partition coefficient (Wildman–Crippen LogP) is 4.03. The van der Waals surface area contributed by atoms with Gasteiger partial charge < -0.3 is 14.8 Å². The van der Waals surface area contributed by atoms with Crippen LogP contribution in [0.15, 0.2) is 47.5 Å². The number of hydrogen-bond acceptors (Lipinski definition) is 6. The van der Waals surface area contributed by atoms with E-state index < -0.39 is 0 Å². The summed E-state index contributed by atoms with van der Waals surface area (Å²) in [5.74, 6) is 1.17. The molecule has 0 aliphatic heterocycles. The molecule has 3 rings (SSSR count). The first-order valence-electron chi connectivity index (χ1n) is 7.68. The summed E-state index contributed by atoms with van der Waals surface area (Å²) in [6, 6.07) is 12.8. The molecule has 0 atom stereocenters. The van der Waals surface area contributed by atoms with Gasteiger partial charge in [0, 0.05) is 16.8 Å². The van der Waals surface area contributed by atoms with Crippen molar-refractivity contribution in [2.45, 2.75) is 5.03 Å². The average Bonchev–Trinajstić information content (AvgIpc) is 2.68. The summed E-state index contributed by atoms with van der Waals surface area (Å²) < 4.78 is 10.4. The molecule has 2 aromatic carbocycles. The van der Waals surface area contributed by atoms with E-state index in [1.807, 2.05) is 24.3 Å². The highest BCUT2D eigenvalue weighted by Gasteiger charge is 2.12. The van der Waals surface area contributed by atoms with Crippen LogP contribution in [-0.4, -0.2) is 36.1 Å². The van der Waals surface area contributed by atoms with Gasteiger partial charge >= 0.3 is 0 Å². The molecule has 0 aliphatic carbocycles. The fourth-order valence-electron chi connectivity index (χ4n) is 2.38. The predicted molar refractivity (Wildman–Crippen MR) is 103 cm³/mol. The van der Waals surface area contributed by atoms with Crippen LogP contribution in [0.3, 0.4) is 0 Å². The van der Waals surface area contributed by atoms with Crippen LogP contribution in [0.2, 0.25) is 5.15 Å². The summed E-state index contributed by atoms with van der Waals surface area (Å²) in [5.41, 5.74) is 0.575. The molecule has 1 aromatic heterocycles. The molecule has 1 amide bonds. The molecule has 6 nitrogen and oxygen atoms in total. The van der Waals surface area contributed by atoms with E-state index in [1.165, 1.54) is 18.9 Å². The van der Waals surface area contributed by atoms with Gasteiger partial charge in [-0.1, -0.05) is 47.6 Å². The molecule has 0 spiro atoms. The van der Waals surface area contributed by atoms with Crippen molar-refractivity contribution in [3.05, 3.63) is 47.6 Å². The molecule has 134 valence electrons. The van der Waals surface area contributed by atoms with Gasteiger partial charge in [0.1, 0.15) is 16.5 Å². The number of aromatic nitrogens is 2. The maximum absolute atomic E-state index is 12.3. The van der Waals surface area contributed by atoms with Crippen LogP contribution in [0.25, 0.3) is 10.8 Å². The number of carbonyl (C=O) groups excluding carboxylic acids is 1. The molecule has 0 radical (unpaired) electrons. The van der Waals surface area contributed by atoms with E-state index in [4.69, 9.17) is 21.1 Å². The molecule has 1 heterocycles. The zero-order chi connectivity index (χ0) is 18.5. The first-order chi connectivity index (χ1) is 12.6. The Balaban J connectivity index is 1.71. The van der Waals surface area contributed by atoms with Gasteiger partial charge in [-0.05, 0) is 12.1 Å². The fourth-order valence-corrected chi connectivity index (χ4v) is 3.35. The number of nitrogens with one attached hydrogen (secondary N) is 1. The van der Waals surface area contributed by atoms with E-state index in [2.05, 4.69) is 15.5 Å². The summed E-state index contributed by atoms with van der Waals surface area (Å²) in [4.78, 5) is 12.3. The third kappa shape index (κ3) is 4.00. The Kier molecular flexibility index (Phi) is 5.80. The van der Waals surface area contributed by atoms with Gasteiger partial charge in [0.05, 0.1) is 25.7 Å². The smallest absolute Gasteiger partial charge is 0.234 e. The van der Waals surface area contributed by atoms with Crippen molar-refractivity contribution in [3.63, 3.8) is 0 Å². The number of halogens is 1. The number of benzene rings is 2. The van der Waals surface area contributed by atoms with E-state index in [0.717, 1.165) is 10.8 Å². The third-order valence-corrected chi connectivity index (χ3v) is 4.89. The van der Waals surface area contributed by atoms with Crippen molar-refractivity contribution in [2.75, 3.05) is 25.3 Å². The number of thioether (sulfide) groups is 1. The maximum Gasteiger partial charge on any atom is 0.234 e. The van der Waals surface area contributed by atoms with Crippen molar-refractivity contribution >= 4 is 45.7 Å². The van der Waals surface area contributed by atoms with Crippen LogP contribution >= 0.6 is 23.4 Å². The van der Waals surface area contributed by atoms with Crippen molar-refractivity contribution in [1.82, 2.24) is 10.2 Å². The Morgan fingerprint density at radius 1 is 1.12 bits per heavy atom. The van der Waals surface area contributed by atoms with Gasteiger partial charge in [-0.25, -0.2) is 0 Å². The zero-order valence-electron chi connectivity index (χ0n) is 14.2. The molecule has 0 aliphatic rings. The fraction of sp³-hybridized carbons (Fsp3) is 0.167. The SMILES string of the molecule is COc1ccc(NC(=O)CSc2nnc(Cl)c3ccccc23)c(OC)c1. The number of hydrogen-bond donors (Lipinski definition) is 1. The monoisotopic (exact) mass is 389 g/mol. The summed E-state index contributed by atoms with van der Waals surface area (Å²) >= 11 is 7.37. The Morgan fingerprint density at radius 2 is 1.88 bits per heavy atom. The van der Waals surface area contributed by atoms with Gasteiger partial charge in [0.2, 0.25) is 5.91 Å². The van der Waals surface area contributed by atoms with Gasteiger partial charge in [-0.3, -0.25) is 4.79 Å². The lowest BCUT2D eigenvalue weighted by atomic mass is 10.2. The number of nitrogens with zero attached hydrogens (tertiary/aromatic N) is 2. The summed E-state index contributed by atoms with van der Waals surface area (Å²) in [6.07, 6.45) is 0. The van der Waals surface area contributed by atoms with Crippen molar-refractivity contribution in [2.24, 2.45) is 0 Å². The average molecular weight is 390 g/mol. The molecule has 0 saturated carbocycles. The highest BCUT2D eigenvalue weighted by atomic mass is 35.5. The lowest BCUT2D eigenvalue weighted by Crippen LogP contribution is -2.15. The molecule has 0 unspecified atom stereocenters. The van der Waals surface area contributed by atoms with Gasteiger partial charge in [0.25, 0.3) is 0 Å². The second-order valence-electron chi connectivity index (χ2n) is 5.24. The van der Waals surface area contributed by atoms with Gasteiger partial charge in [0.15, 0.2) is 5.15 Å². The second-order valence-corrected chi connectivity index (χ2v) is 6.57. The Bertz CT molecular complexity index is 952. The summed E-state index contributed by atoms with van der Waals surface area (Å²) in [5, 5.41) is 13.6. The third-order valence-electron chi connectivity index (χ3n) is 3.63. The largest absolute Gasteiger partial charge is 0.497 e. The van der Waals surface area contributed by atoms with Gasteiger partial charge in [-0.15, -0.1) is 10.2 Å². The minimum atomic E-state index is -0.181. The first kappa shape index (κ1) is 18.3. The van der Waals surface area contributed by atoms with Crippen LogP contribution < -0.4 is 14.8 Å². The van der Waals surface area contributed by atoms with E-state index in [9.17, 15) is 4.79 Å². The minimum Gasteiger partial charge on any atom is -0.497 e. The molecule has 3 aromatic rings. The lowest BCUT2D eigenvalue weighted by molar-refractivity contribution is -0.113. The van der Waals surface area contributed by atoms with Crippen molar-refractivity contribution in [3.8, 4) is 11.5 Å². The molecular weight excluding hydrogens is 374 g/mol. The van der Waals surface area contributed by atoms with E-state index >= 15 is 0 Å². The van der Waals surface area contributed by atoms with Crippen LogP contribution in [0, 0.1) is 0 Å². The second kappa shape index (κ2) is 8.25. The molecule has 0 saturated heterocycles. The number of anilines is 1. The molecular formula is C18H16ClN3O3S. The summed E-state index contributed by atoms with van der Waals surface area (Å²) in [6.45, 7) is 0. The van der Waals surface area contributed by atoms with E-state index in [1.54, 1.807) is 25.3 Å². The number of amides is 1. The number of methoxy groups -OCH3 is 2. The zero-order valence-corrected chi connectivity index (χ0v) is 15.7. The van der Waals surface area contributed by atoms with Crippen LogP contribution in [0.1, 0.15) is 0 Å². The number of carbonyl (C=O) groups is 1. The standard InChI is InChI=1S/C18H16ClN3O3S/c1-24-11-7-8-14(15(9-11)25-2)20-16(23)10-26-18-13-6-4-3-5-12(13)17(19)21-22-18/h3-9H,10H2,1-2H3,(H,20,23). The molecule has 0 bridgehead atoms. The maximum atomic E-state index is 12.3. The quantitative estimate of drug-likeness (QED) is 0.641. The Hall–Kier alpha value is -2.51. The first-order valence-corrected chi connectivity index (χ1v) is 9.04. The van der Waals surface area contributed by atoms with Crippen molar-refractivity contribution in [1.29, 1.82) is 0 Å². The van der Waals surface area contributed by atoms with Crippen LogP contribution in [-0.2, 0) is 4.79 Å². The molecule has 26 heavy (non-hydrogen) atoms. The highest BCUT2D eigenvalue weighted by Crippen LogP contribution is 2.31. The number of ether oxygens (including phenoxy) is 2. The van der Waals surface area contributed by atoms with Crippen LogP contribution in [0.4, 0.5) is 5.69 Å². The number of rotatable bonds is 6. The van der Waals surface area contributed by atoms with Crippen LogP contribution in [0.5, 0.6) is 11.5 Å². The minimum absolute atomic E-state index is 0.176. The van der Waals surface area contributed by atoms with E-state index in [-0.39, 0.29) is 11.7 Å². The summed E-state index contributed by atoms with van der Waals surface area (Å²) in [7, 11) is 3.11. The number of fused-ring (bicyclic) bond motifs is 1. The normalized spacial score (nSPS) is 10.6. The molecule has 8 heteroatoms. The molecule has 0 fully saturated rings. The Morgan fingerprint density at radius 3 is 2.62 bits per heavy atom. The molecule has 1 N–H and O–H groups in total. The highest BCUT2D eigenvalue weighted by molar-refractivity contribution is 8.00. The van der Waals surface area contributed by atoms with Crippen molar-refractivity contribution < 1.29 is 14.3 Å².